The summed E-state index contributed by atoms with van der Waals surface area (Å²) in [5.41, 5.74) is 4.98. The minimum absolute atomic E-state index is 0.158. The first-order valence-electron chi connectivity index (χ1n) is 14.7. The predicted molar refractivity (Wildman–Crippen MR) is 158 cm³/mol. The number of benzene rings is 2. The summed E-state index contributed by atoms with van der Waals surface area (Å²) in [6.45, 7) is 14.4. The van der Waals surface area contributed by atoms with Crippen LogP contribution < -0.4 is 13.6 Å². The van der Waals surface area contributed by atoms with Gasteiger partial charge < -0.3 is 0 Å². The molecular formula is C34H44NOSiZr. The molecule has 3 unspecified atom stereocenters. The van der Waals surface area contributed by atoms with E-state index in [-0.39, 0.29) is 5.41 Å². The Labute approximate surface area is 239 Å². The average molecular weight is 602 g/mol. The van der Waals surface area contributed by atoms with Crippen molar-refractivity contribution in [1.82, 2.24) is 3.26 Å². The molecule has 4 saturated carbocycles. The van der Waals surface area contributed by atoms with E-state index in [9.17, 15) is 4.79 Å². The summed E-state index contributed by atoms with van der Waals surface area (Å²) >= 11 is -2.72. The molecule has 4 bridgehead atoms. The number of amides is 1. The Hall–Kier alpha value is -1.51. The van der Waals surface area contributed by atoms with Crippen LogP contribution in [0.25, 0.3) is 0 Å². The van der Waals surface area contributed by atoms with E-state index in [1.807, 2.05) is 0 Å². The molecule has 199 valence electrons. The fraction of sp³-hybridized carbons (Fsp3) is 0.500. The van der Waals surface area contributed by atoms with Gasteiger partial charge in [0.15, 0.2) is 0 Å². The van der Waals surface area contributed by atoms with Gasteiger partial charge in [-0.3, -0.25) is 0 Å². The van der Waals surface area contributed by atoms with Gasteiger partial charge in [0, 0.05) is 0 Å². The van der Waals surface area contributed by atoms with Crippen LogP contribution in [0, 0.1) is 28.1 Å². The Morgan fingerprint density at radius 3 is 1.79 bits per heavy atom. The zero-order chi connectivity index (χ0) is 26.9. The summed E-state index contributed by atoms with van der Waals surface area (Å²) in [5.74, 6) is -0.0487. The molecule has 0 heterocycles. The van der Waals surface area contributed by atoms with Gasteiger partial charge in [-0.25, -0.2) is 0 Å². The normalized spacial score (nSPS) is 33.9. The Balaban J connectivity index is 1.45. The molecule has 0 saturated heterocycles. The Morgan fingerprint density at radius 1 is 0.816 bits per heavy atom. The first-order valence-corrected chi connectivity index (χ1v) is 23.2. The van der Waals surface area contributed by atoms with Crippen LogP contribution in [0.2, 0.25) is 0 Å². The van der Waals surface area contributed by atoms with Crippen molar-refractivity contribution in [3.8, 4) is 0 Å². The minimum atomic E-state index is -2.72. The van der Waals surface area contributed by atoms with E-state index in [2.05, 4.69) is 105 Å². The Morgan fingerprint density at radius 2 is 1.34 bits per heavy atom. The first-order chi connectivity index (χ1) is 18.0. The van der Waals surface area contributed by atoms with E-state index in [0.717, 1.165) is 25.2 Å². The summed E-state index contributed by atoms with van der Waals surface area (Å²) in [4.78, 5) is 14.8. The van der Waals surface area contributed by atoms with Crippen molar-refractivity contribution < 1.29 is 26.0 Å². The van der Waals surface area contributed by atoms with Crippen molar-refractivity contribution >= 4 is 22.2 Å². The van der Waals surface area contributed by atoms with Crippen LogP contribution in [0.4, 0.5) is 0 Å². The van der Waals surface area contributed by atoms with E-state index in [0.29, 0.717) is 22.7 Å². The first kappa shape index (κ1) is 26.7. The molecule has 38 heavy (non-hydrogen) atoms. The summed E-state index contributed by atoms with van der Waals surface area (Å²) in [6, 6.07) is 22.5. The zero-order valence-electron chi connectivity index (χ0n) is 24.2. The summed E-state index contributed by atoms with van der Waals surface area (Å²) < 4.78 is 5.74. The van der Waals surface area contributed by atoms with Gasteiger partial charge in [0.05, 0.1) is 0 Å². The molecular weight excluding hydrogens is 558 g/mol. The summed E-state index contributed by atoms with van der Waals surface area (Å²) in [5, 5.41) is 2.99. The quantitative estimate of drug-likeness (QED) is 0.380. The van der Waals surface area contributed by atoms with E-state index in [1.165, 1.54) is 46.4 Å². The molecule has 7 rings (SSSR count). The standard InChI is InChI=1S/C13H21NO.C12H11Si.C9H13.Zr/c1-11-3-9-4-12(2,6-11)8-13(5-9,7-11)10(14)15;1-3-7-11(8-4-1)13-12-9-5-2-6-10-12;1-6-5-7(2)9(4)8(6)3;/h9H,3-8H2,1-2H3,(H2,14,15);1-10,13H;6H,1-4H3;/q;;;+1/p-1. The second-order valence-electron chi connectivity index (χ2n) is 14.1. The molecule has 5 aliphatic carbocycles. The van der Waals surface area contributed by atoms with Crippen molar-refractivity contribution in [3.63, 3.8) is 0 Å². The van der Waals surface area contributed by atoms with Crippen LogP contribution in [0.3, 0.4) is 0 Å². The van der Waals surface area contributed by atoms with Crippen LogP contribution in [-0.2, 0) is 26.0 Å². The van der Waals surface area contributed by atoms with Crippen LogP contribution in [0.1, 0.15) is 80.1 Å². The molecule has 4 heteroatoms. The van der Waals surface area contributed by atoms with Gasteiger partial charge in [-0.1, -0.05) is 0 Å². The molecule has 1 amide bonds. The molecule has 1 N–H and O–H groups in total. The van der Waals surface area contributed by atoms with Gasteiger partial charge in [0.25, 0.3) is 0 Å². The number of carbonyl (C=O) groups excluding carboxylic acids is 1. The van der Waals surface area contributed by atoms with Gasteiger partial charge in [-0.05, 0) is 0 Å². The van der Waals surface area contributed by atoms with Crippen molar-refractivity contribution in [3.05, 3.63) is 80.7 Å². The molecule has 0 radical (unpaired) electrons. The third-order valence-corrected chi connectivity index (χ3v) is 30.0. The maximum absolute atomic E-state index is 14.8. The molecule has 0 aromatic heterocycles. The Bertz CT molecular complexity index is 1260. The molecule has 2 aromatic rings. The van der Waals surface area contributed by atoms with Crippen LogP contribution in [0.5, 0.6) is 0 Å². The van der Waals surface area contributed by atoms with E-state index in [4.69, 9.17) is 0 Å². The second kappa shape index (κ2) is 9.55. The number of rotatable bonds is 6. The molecule has 2 aromatic carbocycles. The topological polar surface area (TPSA) is 29.1 Å². The van der Waals surface area contributed by atoms with Crippen molar-refractivity contribution in [2.75, 3.05) is 0 Å². The number of carbonyl (C=O) groups is 1. The number of allylic oxidation sites excluding steroid dienone is 4. The van der Waals surface area contributed by atoms with E-state index >= 15 is 0 Å². The van der Waals surface area contributed by atoms with Crippen LogP contribution in [-0.4, -0.2) is 11.8 Å². The monoisotopic (exact) mass is 600 g/mol. The number of hydrogen-bond donors (Lipinski definition) is 1. The SMILES string of the molecule is CC1=C(C)C(C)[C]([Zr]([NH]C(=O)C23CC4CC(C)(CC(C)(C4)C2)C3)[SiH](c2ccccc2)c2ccccc2)=C1C. The summed E-state index contributed by atoms with van der Waals surface area (Å²) in [7, 11) is 0. The van der Waals surface area contributed by atoms with Gasteiger partial charge in [0.1, 0.15) is 0 Å². The van der Waals surface area contributed by atoms with E-state index < -0.39 is 27.1 Å². The maximum atomic E-state index is 14.8. The second-order valence-corrected chi connectivity index (χ2v) is 27.9. The van der Waals surface area contributed by atoms with Gasteiger partial charge >= 0.3 is 240 Å². The van der Waals surface area contributed by atoms with Crippen molar-refractivity contribution in [2.45, 2.75) is 80.1 Å². The van der Waals surface area contributed by atoms with Crippen molar-refractivity contribution in [2.24, 2.45) is 28.1 Å². The predicted octanol–water partition coefficient (Wildman–Crippen LogP) is 6.43. The fourth-order valence-corrected chi connectivity index (χ4v) is 32.0. The third kappa shape index (κ3) is 4.43. The molecule has 2 nitrogen and oxygen atoms in total. The Kier molecular flexibility index (Phi) is 6.71. The molecule has 3 atom stereocenters. The molecule has 5 aliphatic rings. The van der Waals surface area contributed by atoms with Crippen LogP contribution in [0.15, 0.2) is 80.7 Å². The summed E-state index contributed by atoms with van der Waals surface area (Å²) in [6.07, 6.45) is 7.29. The zero-order valence-corrected chi connectivity index (χ0v) is 27.8. The fourth-order valence-electron chi connectivity index (χ4n) is 9.87. The van der Waals surface area contributed by atoms with E-state index in [1.54, 1.807) is 3.28 Å². The van der Waals surface area contributed by atoms with Gasteiger partial charge in [-0.2, -0.15) is 0 Å². The molecule has 0 spiro atoms. The van der Waals surface area contributed by atoms with Crippen molar-refractivity contribution in [1.29, 1.82) is 0 Å². The van der Waals surface area contributed by atoms with Gasteiger partial charge in [0.2, 0.25) is 0 Å². The average Bonchev–Trinajstić information content (AvgIpc) is 3.05. The molecule has 4 fully saturated rings. The third-order valence-electron chi connectivity index (χ3n) is 10.8. The van der Waals surface area contributed by atoms with Gasteiger partial charge in [-0.15, -0.1) is 0 Å². The number of nitrogens with one attached hydrogen (secondary N) is 1. The van der Waals surface area contributed by atoms with Crippen LogP contribution >= 0.6 is 0 Å². The molecule has 0 aliphatic heterocycles. The number of hydrogen-bond acceptors (Lipinski definition) is 1.